The van der Waals surface area contributed by atoms with E-state index in [1.54, 1.807) is 13.2 Å². The fourth-order valence-electron chi connectivity index (χ4n) is 2.45. The maximum absolute atomic E-state index is 12.1. The average Bonchev–Trinajstić information content (AvgIpc) is 2.66. The molecule has 0 saturated carbocycles. The number of methoxy groups -OCH3 is 1. The number of pyridine rings is 1. The molecule has 0 aliphatic rings. The number of nitrogens with zero attached hydrogens (tertiary/aromatic N) is 2. The van der Waals surface area contributed by atoms with Gasteiger partial charge in [-0.1, -0.05) is 24.3 Å². The van der Waals surface area contributed by atoms with E-state index >= 15 is 0 Å². The molecule has 0 aliphatic heterocycles. The summed E-state index contributed by atoms with van der Waals surface area (Å²) in [5.41, 5.74) is 1.87. The molecule has 0 aliphatic carbocycles. The van der Waals surface area contributed by atoms with E-state index in [1.165, 1.54) is 0 Å². The smallest absolute Gasteiger partial charge is 0.227 e. The van der Waals surface area contributed by atoms with Crippen LogP contribution >= 0.6 is 24.0 Å². The van der Waals surface area contributed by atoms with Crippen LogP contribution in [0.25, 0.3) is 0 Å². The van der Waals surface area contributed by atoms with Gasteiger partial charge in [0, 0.05) is 30.8 Å². The van der Waals surface area contributed by atoms with Crippen LogP contribution in [0.2, 0.25) is 0 Å². The van der Waals surface area contributed by atoms with Crippen molar-refractivity contribution in [2.75, 3.05) is 25.5 Å². The van der Waals surface area contributed by atoms with Crippen LogP contribution in [0.5, 0.6) is 5.75 Å². The average molecular weight is 497 g/mol. The van der Waals surface area contributed by atoms with Gasteiger partial charge in [0.25, 0.3) is 0 Å². The number of carbonyl (C=O) groups excluding carboxylic acids is 1. The minimum absolute atomic E-state index is 0. The fraction of sp³-hybridized carbons (Fsp3) is 0.350. The Balaban J connectivity index is 0.00000392. The van der Waals surface area contributed by atoms with E-state index in [0.29, 0.717) is 31.3 Å². The monoisotopic (exact) mass is 497 g/mol. The minimum atomic E-state index is -0.0961. The molecule has 0 radical (unpaired) electrons. The summed E-state index contributed by atoms with van der Waals surface area (Å²) in [6.07, 6.45) is 0.314. The van der Waals surface area contributed by atoms with Gasteiger partial charge in [0.15, 0.2) is 5.96 Å². The zero-order chi connectivity index (χ0) is 19.5. The SMILES string of the molecule is CCNC(=NCc1ccccc1OC)NCCC(=O)Nc1cccc(C)n1.I. The molecule has 7 nitrogen and oxygen atoms in total. The number of anilines is 1. The highest BCUT2D eigenvalue weighted by Gasteiger charge is 2.05. The van der Waals surface area contributed by atoms with Crippen LogP contribution in [0.15, 0.2) is 47.5 Å². The first kappa shape index (κ1) is 23.7. The van der Waals surface area contributed by atoms with E-state index < -0.39 is 0 Å². The van der Waals surface area contributed by atoms with E-state index in [4.69, 9.17) is 4.74 Å². The summed E-state index contributed by atoms with van der Waals surface area (Å²) in [5, 5.41) is 9.14. The first-order valence-electron chi connectivity index (χ1n) is 9.00. The van der Waals surface area contributed by atoms with Gasteiger partial charge in [-0.25, -0.2) is 9.98 Å². The number of nitrogens with one attached hydrogen (secondary N) is 3. The number of aromatic nitrogens is 1. The van der Waals surface area contributed by atoms with Crippen LogP contribution in [0.3, 0.4) is 0 Å². The lowest BCUT2D eigenvalue weighted by atomic mass is 10.2. The van der Waals surface area contributed by atoms with Gasteiger partial charge in [-0.3, -0.25) is 4.79 Å². The quantitative estimate of drug-likeness (QED) is 0.297. The Morgan fingerprint density at radius 1 is 1.14 bits per heavy atom. The molecule has 0 atom stereocenters. The largest absolute Gasteiger partial charge is 0.496 e. The Morgan fingerprint density at radius 2 is 1.93 bits per heavy atom. The Labute approximate surface area is 183 Å². The normalized spacial score (nSPS) is 10.6. The number of carbonyl (C=O) groups is 1. The summed E-state index contributed by atoms with van der Waals surface area (Å²) in [6.45, 7) is 5.57. The van der Waals surface area contributed by atoms with Gasteiger partial charge in [0.2, 0.25) is 5.91 Å². The van der Waals surface area contributed by atoms with E-state index in [1.807, 2.05) is 50.2 Å². The molecule has 2 aromatic rings. The molecule has 3 N–H and O–H groups in total. The first-order valence-corrected chi connectivity index (χ1v) is 9.00. The van der Waals surface area contributed by atoms with Crippen molar-refractivity contribution in [2.24, 2.45) is 4.99 Å². The Bertz CT molecular complexity index is 783. The van der Waals surface area contributed by atoms with E-state index in [9.17, 15) is 4.79 Å². The summed E-state index contributed by atoms with van der Waals surface area (Å²) in [4.78, 5) is 20.9. The number of guanidine groups is 1. The fourth-order valence-corrected chi connectivity index (χ4v) is 2.45. The molecule has 0 saturated heterocycles. The van der Waals surface area contributed by atoms with Crippen LogP contribution in [-0.4, -0.2) is 37.1 Å². The summed E-state index contributed by atoms with van der Waals surface area (Å²) >= 11 is 0. The molecule has 0 fully saturated rings. The summed E-state index contributed by atoms with van der Waals surface area (Å²) in [6, 6.07) is 13.3. The summed E-state index contributed by atoms with van der Waals surface area (Å²) < 4.78 is 5.35. The van der Waals surface area contributed by atoms with Crippen LogP contribution < -0.4 is 20.7 Å². The van der Waals surface area contributed by atoms with Gasteiger partial charge in [0.05, 0.1) is 13.7 Å². The van der Waals surface area contributed by atoms with Crippen LogP contribution in [0.4, 0.5) is 5.82 Å². The number of rotatable bonds is 8. The number of amides is 1. The van der Waals surface area contributed by atoms with Gasteiger partial charge in [0.1, 0.15) is 11.6 Å². The third kappa shape index (κ3) is 8.12. The van der Waals surface area contributed by atoms with Crippen molar-refractivity contribution in [3.05, 3.63) is 53.7 Å². The maximum Gasteiger partial charge on any atom is 0.227 e. The standard InChI is InChI=1S/C20H27N5O2.HI/c1-4-21-20(23-14-16-9-5-6-10-17(16)27-3)22-13-12-19(26)25-18-11-7-8-15(2)24-18;/h5-11H,4,12-14H2,1-3H3,(H2,21,22,23)(H,24,25,26);1H. The van der Waals surface area contributed by atoms with Crippen LogP contribution in [-0.2, 0) is 11.3 Å². The predicted molar refractivity (Wildman–Crippen MR) is 123 cm³/mol. The van der Waals surface area contributed by atoms with E-state index in [-0.39, 0.29) is 29.9 Å². The minimum Gasteiger partial charge on any atom is -0.496 e. The Morgan fingerprint density at radius 3 is 2.64 bits per heavy atom. The van der Waals surface area contributed by atoms with Crippen molar-refractivity contribution in [2.45, 2.75) is 26.8 Å². The molecule has 152 valence electrons. The van der Waals surface area contributed by atoms with Gasteiger partial charge in [-0.15, -0.1) is 24.0 Å². The Kier molecular flexibility index (Phi) is 10.9. The molecular weight excluding hydrogens is 469 g/mol. The van der Waals surface area contributed by atoms with Crippen LogP contribution in [0, 0.1) is 6.92 Å². The highest BCUT2D eigenvalue weighted by atomic mass is 127. The third-order valence-corrected chi connectivity index (χ3v) is 3.74. The molecular formula is C20H28IN5O2. The Hall–Kier alpha value is -2.36. The van der Waals surface area contributed by atoms with Gasteiger partial charge >= 0.3 is 0 Å². The molecule has 0 bridgehead atoms. The van der Waals surface area contributed by atoms with Crippen LogP contribution in [0.1, 0.15) is 24.6 Å². The molecule has 1 aromatic heterocycles. The molecule has 0 spiro atoms. The lowest BCUT2D eigenvalue weighted by Crippen LogP contribution is -2.38. The van der Waals surface area contributed by atoms with Gasteiger partial charge in [-0.2, -0.15) is 0 Å². The highest BCUT2D eigenvalue weighted by molar-refractivity contribution is 14.0. The lowest BCUT2D eigenvalue weighted by molar-refractivity contribution is -0.116. The molecule has 8 heteroatoms. The topological polar surface area (TPSA) is 87.6 Å². The molecule has 1 amide bonds. The maximum atomic E-state index is 12.1. The molecule has 0 unspecified atom stereocenters. The number of para-hydroxylation sites is 1. The number of aliphatic imine (C=N–C) groups is 1. The molecule has 1 heterocycles. The summed E-state index contributed by atoms with van der Waals surface area (Å²) in [5.74, 6) is 1.94. The van der Waals surface area contributed by atoms with Crippen molar-refractivity contribution in [3.63, 3.8) is 0 Å². The van der Waals surface area contributed by atoms with Gasteiger partial charge in [-0.05, 0) is 32.0 Å². The lowest BCUT2D eigenvalue weighted by Gasteiger charge is -2.12. The van der Waals surface area contributed by atoms with Crippen molar-refractivity contribution >= 4 is 41.7 Å². The van der Waals surface area contributed by atoms with Crippen molar-refractivity contribution < 1.29 is 9.53 Å². The molecule has 1 aromatic carbocycles. The highest BCUT2D eigenvalue weighted by Crippen LogP contribution is 2.17. The number of aryl methyl sites for hydroxylation is 1. The van der Waals surface area contributed by atoms with Gasteiger partial charge < -0.3 is 20.7 Å². The predicted octanol–water partition coefficient (Wildman–Crippen LogP) is 3.10. The number of ether oxygens (including phenoxy) is 1. The van der Waals surface area contributed by atoms with Crippen molar-refractivity contribution in [3.8, 4) is 5.75 Å². The zero-order valence-corrected chi connectivity index (χ0v) is 18.8. The van der Waals surface area contributed by atoms with Crippen molar-refractivity contribution in [1.29, 1.82) is 0 Å². The second-order valence-electron chi connectivity index (χ2n) is 5.90. The van der Waals surface area contributed by atoms with E-state index in [0.717, 1.165) is 23.6 Å². The first-order chi connectivity index (χ1) is 13.1. The second-order valence-corrected chi connectivity index (χ2v) is 5.90. The zero-order valence-electron chi connectivity index (χ0n) is 16.5. The number of halogens is 1. The third-order valence-electron chi connectivity index (χ3n) is 3.74. The van der Waals surface area contributed by atoms with Crippen molar-refractivity contribution in [1.82, 2.24) is 15.6 Å². The number of benzene rings is 1. The molecule has 28 heavy (non-hydrogen) atoms. The second kappa shape index (κ2) is 12.9. The van der Waals surface area contributed by atoms with E-state index in [2.05, 4.69) is 25.9 Å². The number of hydrogen-bond donors (Lipinski definition) is 3. The molecule has 2 rings (SSSR count). The summed E-state index contributed by atoms with van der Waals surface area (Å²) in [7, 11) is 1.65. The number of hydrogen-bond acceptors (Lipinski definition) is 4.